The van der Waals surface area contributed by atoms with Crippen LogP contribution in [0.1, 0.15) is 26.7 Å². The molecule has 1 N–H and O–H groups in total. The number of carbonyl (C=O) groups excluding carboxylic acids is 1. The van der Waals surface area contributed by atoms with Gasteiger partial charge in [-0.25, -0.2) is 0 Å². The maximum atomic E-state index is 12.3. The van der Waals surface area contributed by atoms with Crippen LogP contribution in [-0.2, 0) is 4.79 Å². The maximum absolute atomic E-state index is 12.3. The molecular formula is C14H25N3O. The molecular weight excluding hydrogens is 226 g/mol. The molecule has 4 aliphatic heterocycles. The van der Waals surface area contributed by atoms with E-state index < -0.39 is 0 Å². The van der Waals surface area contributed by atoms with Gasteiger partial charge >= 0.3 is 0 Å². The molecule has 3 unspecified atom stereocenters. The lowest BCUT2D eigenvalue weighted by Gasteiger charge is -2.47. The Morgan fingerprint density at radius 1 is 1.17 bits per heavy atom. The van der Waals surface area contributed by atoms with Gasteiger partial charge in [-0.05, 0) is 39.8 Å². The van der Waals surface area contributed by atoms with Crippen LogP contribution in [0.2, 0.25) is 0 Å². The zero-order valence-corrected chi connectivity index (χ0v) is 11.6. The Kier molecular flexibility index (Phi) is 3.43. The quantitative estimate of drug-likeness (QED) is 0.767. The molecule has 2 bridgehead atoms. The van der Waals surface area contributed by atoms with Gasteiger partial charge in [-0.2, -0.15) is 0 Å². The van der Waals surface area contributed by atoms with E-state index in [1.807, 2.05) is 0 Å². The molecule has 102 valence electrons. The third-order valence-electron chi connectivity index (χ3n) is 4.77. The minimum absolute atomic E-state index is 0.190. The Labute approximate surface area is 110 Å². The molecule has 4 rings (SSSR count). The van der Waals surface area contributed by atoms with Crippen molar-refractivity contribution in [1.82, 2.24) is 15.1 Å². The molecule has 0 aromatic carbocycles. The minimum Gasteiger partial charge on any atom is -0.309 e. The summed E-state index contributed by atoms with van der Waals surface area (Å²) < 4.78 is 0. The summed E-state index contributed by atoms with van der Waals surface area (Å²) in [7, 11) is 0. The summed E-state index contributed by atoms with van der Waals surface area (Å²) in [6.07, 6.45) is 2.20. The molecule has 18 heavy (non-hydrogen) atoms. The molecule has 0 aliphatic carbocycles. The fourth-order valence-electron chi connectivity index (χ4n) is 3.99. The van der Waals surface area contributed by atoms with Crippen molar-refractivity contribution in [1.29, 1.82) is 0 Å². The molecule has 0 spiro atoms. The maximum Gasteiger partial charge on any atom is 0.154 e. The van der Waals surface area contributed by atoms with E-state index in [2.05, 4.69) is 29.0 Å². The van der Waals surface area contributed by atoms with Gasteiger partial charge in [0.15, 0.2) is 5.78 Å². The lowest BCUT2D eigenvalue weighted by Crippen LogP contribution is -2.62. The van der Waals surface area contributed by atoms with Crippen LogP contribution in [0, 0.1) is 5.92 Å². The number of carbonyl (C=O) groups is 1. The van der Waals surface area contributed by atoms with E-state index in [9.17, 15) is 4.79 Å². The first-order valence-electron chi connectivity index (χ1n) is 7.39. The highest BCUT2D eigenvalue weighted by Gasteiger charge is 2.41. The van der Waals surface area contributed by atoms with Gasteiger partial charge in [0.1, 0.15) is 0 Å². The van der Waals surface area contributed by atoms with Crippen LogP contribution in [0.5, 0.6) is 0 Å². The van der Waals surface area contributed by atoms with Gasteiger partial charge < -0.3 is 5.32 Å². The minimum atomic E-state index is 0.190. The van der Waals surface area contributed by atoms with Crippen LogP contribution in [-0.4, -0.2) is 66.4 Å². The highest BCUT2D eigenvalue weighted by molar-refractivity contribution is 5.88. The number of nitrogens with one attached hydrogen (secondary N) is 1. The zero-order chi connectivity index (χ0) is 12.7. The van der Waals surface area contributed by atoms with Crippen molar-refractivity contribution in [2.45, 2.75) is 44.8 Å². The second-order valence-corrected chi connectivity index (χ2v) is 6.42. The molecule has 0 amide bonds. The van der Waals surface area contributed by atoms with Gasteiger partial charge in [-0.3, -0.25) is 14.6 Å². The van der Waals surface area contributed by atoms with Crippen LogP contribution >= 0.6 is 0 Å². The molecule has 4 fully saturated rings. The number of piperidine rings is 3. The Morgan fingerprint density at radius 3 is 2.33 bits per heavy atom. The van der Waals surface area contributed by atoms with Crippen molar-refractivity contribution in [2.24, 2.45) is 5.92 Å². The molecule has 4 saturated heterocycles. The second-order valence-electron chi connectivity index (χ2n) is 6.42. The molecule has 4 aliphatic rings. The van der Waals surface area contributed by atoms with E-state index >= 15 is 0 Å². The number of fused-ring (bicyclic) bond motifs is 3. The van der Waals surface area contributed by atoms with Crippen LogP contribution in [0.4, 0.5) is 0 Å². The van der Waals surface area contributed by atoms with Crippen molar-refractivity contribution in [2.75, 3.05) is 32.7 Å². The molecule has 0 radical (unpaired) electrons. The first kappa shape index (κ1) is 12.6. The summed E-state index contributed by atoms with van der Waals surface area (Å²) >= 11 is 0. The van der Waals surface area contributed by atoms with Gasteiger partial charge in [0.25, 0.3) is 0 Å². The largest absolute Gasteiger partial charge is 0.309 e. The number of piperazine rings is 1. The van der Waals surface area contributed by atoms with Gasteiger partial charge in [0.05, 0.1) is 6.04 Å². The summed E-state index contributed by atoms with van der Waals surface area (Å²) in [5.74, 6) is 0.893. The predicted molar refractivity (Wildman–Crippen MR) is 71.6 cm³/mol. The van der Waals surface area contributed by atoms with Crippen molar-refractivity contribution in [3.05, 3.63) is 0 Å². The number of ketones is 1. The van der Waals surface area contributed by atoms with E-state index in [4.69, 9.17) is 0 Å². The number of rotatable bonds is 2. The van der Waals surface area contributed by atoms with E-state index in [1.54, 1.807) is 0 Å². The normalized spacial score (nSPS) is 45.4. The summed E-state index contributed by atoms with van der Waals surface area (Å²) in [5.41, 5.74) is 0. The standard InChI is InChI=1S/C14H25N3O/c1-10-7-16(8-11(2)15-10)9-13-14(18)12-3-5-17(13)6-4-12/h10-13,15H,3-9H2,1-2H3. The Hall–Kier alpha value is -0.450. The summed E-state index contributed by atoms with van der Waals surface area (Å²) in [4.78, 5) is 17.2. The molecule has 0 aromatic rings. The van der Waals surface area contributed by atoms with Crippen molar-refractivity contribution in [3.63, 3.8) is 0 Å². The Morgan fingerprint density at radius 2 is 1.78 bits per heavy atom. The molecule has 0 aromatic heterocycles. The predicted octanol–water partition coefficient (Wildman–Crippen LogP) is 0.332. The fourth-order valence-corrected chi connectivity index (χ4v) is 3.99. The monoisotopic (exact) mass is 251 g/mol. The first-order chi connectivity index (χ1) is 8.63. The summed E-state index contributed by atoms with van der Waals surface area (Å²) in [6, 6.07) is 1.27. The smallest absolute Gasteiger partial charge is 0.154 e. The fraction of sp³-hybridized carbons (Fsp3) is 0.929. The van der Waals surface area contributed by atoms with Gasteiger partial charge in [0.2, 0.25) is 0 Å². The highest BCUT2D eigenvalue weighted by atomic mass is 16.1. The van der Waals surface area contributed by atoms with E-state index in [1.165, 1.54) is 0 Å². The van der Waals surface area contributed by atoms with Crippen LogP contribution in [0.25, 0.3) is 0 Å². The van der Waals surface area contributed by atoms with Gasteiger partial charge in [-0.1, -0.05) is 0 Å². The third-order valence-corrected chi connectivity index (χ3v) is 4.77. The summed E-state index contributed by atoms with van der Waals surface area (Å²) in [6.45, 7) is 9.84. The second kappa shape index (κ2) is 4.91. The van der Waals surface area contributed by atoms with Crippen LogP contribution in [0.3, 0.4) is 0 Å². The number of hydrogen-bond acceptors (Lipinski definition) is 4. The van der Waals surface area contributed by atoms with Crippen LogP contribution in [0.15, 0.2) is 0 Å². The lowest BCUT2D eigenvalue weighted by atomic mass is 9.82. The van der Waals surface area contributed by atoms with Crippen molar-refractivity contribution < 1.29 is 4.79 Å². The number of hydrogen-bond donors (Lipinski definition) is 1. The Balaban J connectivity index is 1.63. The molecule has 3 atom stereocenters. The number of nitrogens with zero attached hydrogens (tertiary/aromatic N) is 2. The van der Waals surface area contributed by atoms with E-state index in [0.717, 1.165) is 45.6 Å². The van der Waals surface area contributed by atoms with E-state index in [0.29, 0.717) is 23.8 Å². The van der Waals surface area contributed by atoms with Crippen molar-refractivity contribution in [3.8, 4) is 0 Å². The van der Waals surface area contributed by atoms with Crippen LogP contribution < -0.4 is 5.32 Å². The zero-order valence-electron chi connectivity index (χ0n) is 11.6. The molecule has 0 saturated carbocycles. The molecule has 4 heterocycles. The van der Waals surface area contributed by atoms with Gasteiger partial charge in [-0.15, -0.1) is 0 Å². The van der Waals surface area contributed by atoms with Gasteiger partial charge in [0, 0.05) is 37.6 Å². The first-order valence-corrected chi connectivity index (χ1v) is 7.39. The molecule has 4 nitrogen and oxygen atoms in total. The SMILES string of the molecule is CC1CN(CC2C(=O)C3CCN2CC3)CC(C)N1. The average Bonchev–Trinajstić information content (AvgIpc) is 2.33. The summed E-state index contributed by atoms with van der Waals surface area (Å²) in [5, 5.41) is 3.55. The highest BCUT2D eigenvalue weighted by Crippen LogP contribution is 2.29. The topological polar surface area (TPSA) is 35.6 Å². The Bertz CT molecular complexity index is 315. The third kappa shape index (κ3) is 2.33. The average molecular weight is 251 g/mol. The van der Waals surface area contributed by atoms with E-state index in [-0.39, 0.29) is 6.04 Å². The number of Topliss-reactive ketones (excluding diaryl/α,β-unsaturated/α-hetero) is 1. The van der Waals surface area contributed by atoms with Crippen molar-refractivity contribution >= 4 is 5.78 Å². The lowest BCUT2D eigenvalue weighted by molar-refractivity contribution is -0.138. The molecule has 4 heteroatoms.